The molecule has 0 unspecified atom stereocenters. The number of ketones is 1. The van der Waals surface area contributed by atoms with Gasteiger partial charge in [-0.3, -0.25) is 14.5 Å². The highest BCUT2D eigenvalue weighted by molar-refractivity contribution is 5.91. The van der Waals surface area contributed by atoms with Crippen molar-refractivity contribution in [2.24, 2.45) is 0 Å². The number of amides is 3. The van der Waals surface area contributed by atoms with Crippen molar-refractivity contribution in [3.63, 3.8) is 0 Å². The minimum atomic E-state index is -2.01. The van der Waals surface area contributed by atoms with Crippen LogP contribution in [0.3, 0.4) is 0 Å². The number of nitrogens with one attached hydrogen (secondary N) is 2. The molecule has 1 aromatic rings. The predicted molar refractivity (Wildman–Crippen MR) is 86.2 cm³/mol. The zero-order valence-corrected chi connectivity index (χ0v) is 13.6. The van der Waals surface area contributed by atoms with Gasteiger partial charge < -0.3 is 20.8 Å². The summed E-state index contributed by atoms with van der Waals surface area (Å²) in [5, 5.41) is 23.8. The molecule has 4 N–H and O–H groups in total. The summed E-state index contributed by atoms with van der Waals surface area (Å²) in [6.45, 7) is 0.931. The van der Waals surface area contributed by atoms with Crippen LogP contribution in [0, 0.1) is 0 Å². The minimum absolute atomic E-state index is 0.334. The molecule has 2 rings (SSSR count). The van der Waals surface area contributed by atoms with Crippen molar-refractivity contribution in [3.8, 4) is 0 Å². The largest absolute Gasteiger partial charge is 0.351 e. The number of hydrogen-bond donors (Lipinski definition) is 4. The summed E-state index contributed by atoms with van der Waals surface area (Å²) in [4.78, 5) is 35.9. The first-order chi connectivity index (χ1) is 11.3. The van der Waals surface area contributed by atoms with E-state index >= 15 is 0 Å². The van der Waals surface area contributed by atoms with Crippen LogP contribution in [0.4, 0.5) is 10.5 Å². The number of anilines is 1. The highest BCUT2D eigenvalue weighted by atomic mass is 16.5. The second-order valence-corrected chi connectivity index (χ2v) is 5.72. The lowest BCUT2D eigenvalue weighted by atomic mass is 9.99. The summed E-state index contributed by atoms with van der Waals surface area (Å²) in [5.41, 5.74) is 2.30. The molecule has 3 amide bonds. The summed E-state index contributed by atoms with van der Waals surface area (Å²) in [6, 6.07) is 4.88. The Morgan fingerprint density at radius 3 is 2.62 bits per heavy atom. The SMILES string of the molecule is CNC(=O)Nc1ccc2c(c1)CC[C@@H]2C(=O)N(CC(C)=O)C(O)O. The monoisotopic (exact) mass is 335 g/mol. The number of benzene rings is 1. The van der Waals surface area contributed by atoms with Gasteiger partial charge in [-0.05, 0) is 43.0 Å². The van der Waals surface area contributed by atoms with Gasteiger partial charge in [0.25, 0.3) is 0 Å². The molecule has 130 valence electrons. The van der Waals surface area contributed by atoms with Crippen molar-refractivity contribution in [1.82, 2.24) is 10.2 Å². The summed E-state index contributed by atoms with van der Waals surface area (Å²) in [6.07, 6.45) is -0.872. The number of aliphatic hydroxyl groups excluding tert-OH is 1. The molecule has 0 heterocycles. The third-order valence-corrected chi connectivity index (χ3v) is 3.96. The maximum Gasteiger partial charge on any atom is 0.318 e. The van der Waals surface area contributed by atoms with E-state index in [0.29, 0.717) is 18.5 Å². The van der Waals surface area contributed by atoms with Gasteiger partial charge in [0.1, 0.15) is 5.78 Å². The number of hydrogen-bond acceptors (Lipinski definition) is 5. The molecule has 8 nitrogen and oxygen atoms in total. The smallest absolute Gasteiger partial charge is 0.318 e. The molecule has 8 heteroatoms. The Bertz CT molecular complexity index is 659. The number of carbonyl (C=O) groups is 3. The topological polar surface area (TPSA) is 119 Å². The molecule has 0 saturated heterocycles. The minimum Gasteiger partial charge on any atom is -0.351 e. The van der Waals surface area contributed by atoms with Crippen LogP contribution in [0.1, 0.15) is 30.4 Å². The van der Waals surface area contributed by atoms with Crippen molar-refractivity contribution in [3.05, 3.63) is 29.3 Å². The molecule has 1 aromatic carbocycles. The van der Waals surface area contributed by atoms with Crippen LogP contribution >= 0.6 is 0 Å². The van der Waals surface area contributed by atoms with Gasteiger partial charge in [-0.1, -0.05) is 6.07 Å². The average molecular weight is 335 g/mol. The normalized spacial score (nSPS) is 15.8. The fraction of sp³-hybridized carbons (Fsp3) is 0.438. The fourth-order valence-corrected chi connectivity index (χ4v) is 2.86. The van der Waals surface area contributed by atoms with Crippen LogP contribution in [0.2, 0.25) is 0 Å². The number of nitrogens with zero attached hydrogens (tertiary/aromatic N) is 1. The molecule has 1 aliphatic carbocycles. The average Bonchev–Trinajstić information content (AvgIpc) is 2.94. The molecular formula is C16H21N3O5. The first kappa shape index (κ1) is 17.9. The fourth-order valence-electron chi connectivity index (χ4n) is 2.86. The van der Waals surface area contributed by atoms with Gasteiger partial charge in [0.15, 0.2) is 0 Å². The molecule has 0 fully saturated rings. The molecule has 0 spiro atoms. The van der Waals surface area contributed by atoms with Gasteiger partial charge in [0, 0.05) is 12.7 Å². The number of Topliss-reactive ketones (excluding diaryl/α,β-unsaturated/α-hetero) is 1. The summed E-state index contributed by atoms with van der Waals surface area (Å²) < 4.78 is 0. The molecular weight excluding hydrogens is 314 g/mol. The first-order valence-corrected chi connectivity index (χ1v) is 7.61. The van der Waals surface area contributed by atoms with Crippen LogP contribution < -0.4 is 10.6 Å². The highest BCUT2D eigenvalue weighted by Gasteiger charge is 2.34. The van der Waals surface area contributed by atoms with E-state index in [4.69, 9.17) is 0 Å². The third-order valence-electron chi connectivity index (χ3n) is 3.96. The Morgan fingerprint density at radius 1 is 1.33 bits per heavy atom. The van der Waals surface area contributed by atoms with E-state index in [1.165, 1.54) is 14.0 Å². The van der Waals surface area contributed by atoms with E-state index in [-0.39, 0.29) is 18.4 Å². The van der Waals surface area contributed by atoms with Crippen molar-refractivity contribution in [2.75, 3.05) is 18.9 Å². The third kappa shape index (κ3) is 3.90. The molecule has 0 aromatic heterocycles. The molecule has 0 saturated carbocycles. The number of aryl methyl sites for hydroxylation is 1. The van der Waals surface area contributed by atoms with E-state index in [0.717, 1.165) is 16.0 Å². The van der Waals surface area contributed by atoms with Crippen molar-refractivity contribution < 1.29 is 24.6 Å². The van der Waals surface area contributed by atoms with Gasteiger partial charge >= 0.3 is 6.03 Å². The summed E-state index contributed by atoms with van der Waals surface area (Å²) in [7, 11) is 1.52. The Morgan fingerprint density at radius 2 is 2.04 bits per heavy atom. The standard InChI is InChI=1S/C16H21N3O5/c1-9(20)8-19(16(23)24)14(21)13-5-3-10-7-11(4-6-12(10)13)18-15(22)17-2/h4,6-7,13,16,23-24H,3,5,8H2,1-2H3,(H2,17,18,22)/t13-/m0/s1. The predicted octanol–water partition coefficient (Wildman–Crippen LogP) is 0.154. The van der Waals surface area contributed by atoms with Crippen LogP contribution in [0.5, 0.6) is 0 Å². The van der Waals surface area contributed by atoms with Crippen molar-refractivity contribution in [2.45, 2.75) is 32.1 Å². The van der Waals surface area contributed by atoms with Crippen LogP contribution in [0.25, 0.3) is 0 Å². The summed E-state index contributed by atoms with van der Waals surface area (Å²) in [5.74, 6) is -1.36. The zero-order valence-electron chi connectivity index (χ0n) is 13.6. The second-order valence-electron chi connectivity index (χ2n) is 5.72. The maximum absolute atomic E-state index is 12.6. The number of urea groups is 1. The highest BCUT2D eigenvalue weighted by Crippen LogP contribution is 2.36. The molecule has 1 aliphatic rings. The molecule has 1 atom stereocenters. The summed E-state index contributed by atoms with van der Waals surface area (Å²) >= 11 is 0. The Balaban J connectivity index is 2.20. The Kier molecular flexibility index (Phi) is 5.53. The molecule has 0 aliphatic heterocycles. The van der Waals surface area contributed by atoms with Gasteiger partial charge in [-0.15, -0.1) is 0 Å². The van der Waals surface area contributed by atoms with Crippen LogP contribution in [-0.2, 0) is 16.0 Å². The zero-order chi connectivity index (χ0) is 17.9. The first-order valence-electron chi connectivity index (χ1n) is 7.61. The van der Waals surface area contributed by atoms with E-state index < -0.39 is 18.2 Å². The second kappa shape index (κ2) is 7.41. The molecule has 24 heavy (non-hydrogen) atoms. The van der Waals surface area contributed by atoms with E-state index in [1.807, 2.05) is 0 Å². The lowest BCUT2D eigenvalue weighted by Gasteiger charge is -2.26. The lowest BCUT2D eigenvalue weighted by Crippen LogP contribution is -2.45. The molecule has 0 bridgehead atoms. The lowest BCUT2D eigenvalue weighted by molar-refractivity contribution is -0.179. The quantitative estimate of drug-likeness (QED) is 0.571. The maximum atomic E-state index is 12.6. The number of aliphatic hydroxyl groups is 2. The molecule has 0 radical (unpaired) electrons. The van der Waals surface area contributed by atoms with Gasteiger partial charge in [0.05, 0.1) is 12.5 Å². The van der Waals surface area contributed by atoms with E-state index in [2.05, 4.69) is 10.6 Å². The van der Waals surface area contributed by atoms with Crippen molar-refractivity contribution in [1.29, 1.82) is 0 Å². The van der Waals surface area contributed by atoms with Gasteiger partial charge in [-0.2, -0.15) is 0 Å². The number of rotatable bonds is 5. The Hall–Kier alpha value is -2.45. The van der Waals surface area contributed by atoms with E-state index in [1.54, 1.807) is 18.2 Å². The van der Waals surface area contributed by atoms with Gasteiger partial charge in [-0.25, -0.2) is 4.79 Å². The number of carbonyl (C=O) groups excluding carboxylic acids is 3. The number of fused-ring (bicyclic) bond motifs is 1. The van der Waals surface area contributed by atoms with Crippen LogP contribution in [-0.4, -0.2) is 52.8 Å². The van der Waals surface area contributed by atoms with Crippen LogP contribution in [0.15, 0.2) is 18.2 Å². The Labute approximate surface area is 139 Å². The van der Waals surface area contributed by atoms with Crippen molar-refractivity contribution >= 4 is 23.4 Å². The van der Waals surface area contributed by atoms with Gasteiger partial charge in [0.2, 0.25) is 12.3 Å². The van der Waals surface area contributed by atoms with E-state index in [9.17, 15) is 24.6 Å².